The normalized spacial score (nSPS) is 14.1. The molecule has 2 aromatic rings. The van der Waals surface area contributed by atoms with E-state index in [1.807, 2.05) is 19.9 Å². The van der Waals surface area contributed by atoms with Gasteiger partial charge in [-0.25, -0.2) is 8.88 Å². The Morgan fingerprint density at radius 1 is 1.39 bits per heavy atom. The molecule has 1 aromatic carbocycles. The number of aromatic nitrogens is 2. The van der Waals surface area contributed by atoms with Gasteiger partial charge in [0.05, 0.1) is 11.7 Å². The van der Waals surface area contributed by atoms with Crippen LogP contribution in [-0.2, 0) is 11.3 Å². The van der Waals surface area contributed by atoms with Crippen LogP contribution in [-0.4, -0.2) is 21.3 Å². The summed E-state index contributed by atoms with van der Waals surface area (Å²) < 4.78 is 12.5. The minimum Gasteiger partial charge on any atom is -0.472 e. The molecule has 1 aliphatic carbocycles. The van der Waals surface area contributed by atoms with E-state index in [1.165, 1.54) is 9.65 Å². The largest absolute Gasteiger partial charge is 0.472 e. The zero-order valence-corrected chi connectivity index (χ0v) is 14.1. The van der Waals surface area contributed by atoms with E-state index in [1.54, 1.807) is 18.3 Å². The number of nitrogens with zero attached hydrogens (tertiary/aromatic N) is 2. The summed E-state index contributed by atoms with van der Waals surface area (Å²) in [6.07, 6.45) is 3.85. The maximum absolute atomic E-state index is 12.4. The number of benzene rings is 1. The predicted molar refractivity (Wildman–Crippen MR) is 89.9 cm³/mol. The number of hydrogen-bond donors (Lipinski definition) is 1. The molecule has 0 bridgehead atoms. The van der Waals surface area contributed by atoms with Crippen molar-refractivity contribution >= 4 is 18.8 Å². The Kier molecular flexibility index (Phi) is 4.61. The molecule has 5 nitrogen and oxygen atoms in total. The molecule has 0 aliphatic heterocycles. The molecule has 0 spiro atoms. The molecule has 23 heavy (non-hydrogen) atoms. The van der Waals surface area contributed by atoms with Crippen LogP contribution in [0.2, 0.25) is 0 Å². The summed E-state index contributed by atoms with van der Waals surface area (Å²) in [5, 5.41) is 4.08. The standard InChI is InChI=1S/C17H20N2O3S/c1-11(2)22-17(20)14-5-3-4-13(12-6-7-12)15(14)10-21-16-8-9-19(23)18-16/h3-5,8-9,11-12,23H,6-7,10H2,1-2H3. The van der Waals surface area contributed by atoms with Gasteiger partial charge in [-0.05, 0) is 57.1 Å². The van der Waals surface area contributed by atoms with Gasteiger partial charge in [-0.3, -0.25) is 0 Å². The summed E-state index contributed by atoms with van der Waals surface area (Å²) in [4.78, 5) is 12.4. The van der Waals surface area contributed by atoms with Crippen molar-refractivity contribution in [3.05, 3.63) is 47.2 Å². The second-order valence-electron chi connectivity index (χ2n) is 5.96. The average molecular weight is 332 g/mol. The lowest BCUT2D eigenvalue weighted by atomic mass is 9.98. The van der Waals surface area contributed by atoms with Crippen molar-refractivity contribution in [1.82, 2.24) is 9.19 Å². The fraction of sp³-hybridized carbons (Fsp3) is 0.412. The third kappa shape index (κ3) is 3.88. The molecule has 122 valence electrons. The number of carbonyl (C=O) groups excluding carboxylic acids is 1. The van der Waals surface area contributed by atoms with Crippen molar-refractivity contribution in [2.75, 3.05) is 0 Å². The first-order chi connectivity index (χ1) is 11.0. The van der Waals surface area contributed by atoms with E-state index in [9.17, 15) is 4.79 Å². The monoisotopic (exact) mass is 332 g/mol. The van der Waals surface area contributed by atoms with E-state index in [-0.39, 0.29) is 12.1 Å². The van der Waals surface area contributed by atoms with Crippen molar-refractivity contribution in [2.24, 2.45) is 0 Å². The predicted octanol–water partition coefficient (Wildman–Crippen LogP) is 3.60. The van der Waals surface area contributed by atoms with Gasteiger partial charge in [0.25, 0.3) is 0 Å². The van der Waals surface area contributed by atoms with E-state index in [2.05, 4.69) is 24.0 Å². The van der Waals surface area contributed by atoms with E-state index in [0.717, 1.165) is 18.4 Å². The van der Waals surface area contributed by atoms with E-state index < -0.39 is 0 Å². The first-order valence-corrected chi connectivity index (χ1v) is 8.15. The van der Waals surface area contributed by atoms with Gasteiger partial charge in [-0.15, -0.1) is 5.10 Å². The van der Waals surface area contributed by atoms with Crippen LogP contribution in [0.5, 0.6) is 5.88 Å². The minimum absolute atomic E-state index is 0.152. The highest BCUT2D eigenvalue weighted by Gasteiger charge is 2.29. The molecule has 1 aliphatic rings. The highest BCUT2D eigenvalue weighted by Crippen LogP contribution is 2.42. The quantitative estimate of drug-likeness (QED) is 0.649. The van der Waals surface area contributed by atoms with Crippen molar-refractivity contribution in [1.29, 1.82) is 0 Å². The van der Waals surface area contributed by atoms with Crippen LogP contribution >= 0.6 is 12.8 Å². The molecular formula is C17H20N2O3S. The van der Waals surface area contributed by atoms with Gasteiger partial charge in [0.1, 0.15) is 6.61 Å². The summed E-state index contributed by atoms with van der Waals surface area (Å²) in [6.45, 7) is 3.98. The first kappa shape index (κ1) is 15.9. The summed E-state index contributed by atoms with van der Waals surface area (Å²) in [5.74, 6) is 0.692. The Morgan fingerprint density at radius 3 is 2.78 bits per heavy atom. The third-order valence-electron chi connectivity index (χ3n) is 3.71. The smallest absolute Gasteiger partial charge is 0.338 e. The zero-order valence-electron chi connectivity index (χ0n) is 13.2. The Hall–Kier alpha value is -1.95. The summed E-state index contributed by atoms with van der Waals surface area (Å²) in [5.41, 5.74) is 2.65. The third-order valence-corrected chi connectivity index (χ3v) is 3.93. The Morgan fingerprint density at radius 2 is 2.17 bits per heavy atom. The van der Waals surface area contributed by atoms with Crippen LogP contribution in [0.4, 0.5) is 0 Å². The Labute approximate surface area is 141 Å². The van der Waals surface area contributed by atoms with Gasteiger partial charge in [-0.1, -0.05) is 12.1 Å². The summed E-state index contributed by atoms with van der Waals surface area (Å²) in [6, 6.07) is 7.52. The number of thiol groups is 1. The van der Waals surface area contributed by atoms with Gasteiger partial charge >= 0.3 is 5.97 Å². The molecule has 1 aromatic heterocycles. The molecule has 0 unspecified atom stereocenters. The lowest BCUT2D eigenvalue weighted by Gasteiger charge is -2.15. The van der Waals surface area contributed by atoms with Crippen molar-refractivity contribution in [3.8, 4) is 5.88 Å². The number of carbonyl (C=O) groups is 1. The second kappa shape index (κ2) is 6.66. The van der Waals surface area contributed by atoms with Gasteiger partial charge < -0.3 is 9.47 Å². The van der Waals surface area contributed by atoms with Crippen molar-refractivity contribution in [2.45, 2.75) is 45.3 Å². The summed E-state index contributed by atoms with van der Waals surface area (Å²) >= 11 is 4.09. The minimum atomic E-state index is -0.305. The molecule has 0 N–H and O–H groups in total. The number of hydrogen-bond acceptors (Lipinski definition) is 5. The second-order valence-corrected chi connectivity index (χ2v) is 6.37. The molecule has 6 heteroatoms. The van der Waals surface area contributed by atoms with Crippen molar-refractivity contribution in [3.63, 3.8) is 0 Å². The highest BCUT2D eigenvalue weighted by atomic mass is 32.1. The molecule has 1 fully saturated rings. The lowest BCUT2D eigenvalue weighted by Crippen LogP contribution is -2.15. The molecule has 3 rings (SSSR count). The SMILES string of the molecule is CC(C)OC(=O)c1cccc(C2CC2)c1COc1ccn(S)n1. The zero-order chi connectivity index (χ0) is 16.4. The lowest BCUT2D eigenvalue weighted by molar-refractivity contribution is 0.0374. The Balaban J connectivity index is 1.86. The first-order valence-electron chi connectivity index (χ1n) is 7.75. The fourth-order valence-corrected chi connectivity index (χ4v) is 2.69. The topological polar surface area (TPSA) is 53.4 Å². The fourth-order valence-electron chi connectivity index (χ4n) is 2.53. The number of rotatable bonds is 6. The highest BCUT2D eigenvalue weighted by molar-refractivity contribution is 7.78. The molecule has 1 saturated carbocycles. The molecule has 0 amide bonds. The van der Waals surface area contributed by atoms with Gasteiger partial charge in [-0.2, -0.15) is 0 Å². The molecule has 0 radical (unpaired) electrons. The number of esters is 1. The molecule has 0 atom stereocenters. The maximum atomic E-state index is 12.4. The van der Waals surface area contributed by atoms with Gasteiger partial charge in [0.2, 0.25) is 5.88 Å². The van der Waals surface area contributed by atoms with Crippen LogP contribution in [0, 0.1) is 0 Å². The Bertz CT molecular complexity index is 708. The van der Waals surface area contributed by atoms with Gasteiger partial charge in [0.15, 0.2) is 0 Å². The number of ether oxygens (including phenoxy) is 2. The van der Waals surface area contributed by atoms with E-state index in [4.69, 9.17) is 9.47 Å². The van der Waals surface area contributed by atoms with Crippen LogP contribution in [0.15, 0.2) is 30.5 Å². The van der Waals surface area contributed by atoms with Crippen LogP contribution in [0.25, 0.3) is 0 Å². The van der Waals surface area contributed by atoms with E-state index >= 15 is 0 Å². The molecule has 0 saturated heterocycles. The maximum Gasteiger partial charge on any atom is 0.338 e. The van der Waals surface area contributed by atoms with Gasteiger partial charge in [0, 0.05) is 17.8 Å². The summed E-state index contributed by atoms with van der Waals surface area (Å²) in [7, 11) is 0. The average Bonchev–Trinajstić information content (AvgIpc) is 3.26. The molecular weight excluding hydrogens is 312 g/mol. The van der Waals surface area contributed by atoms with Crippen LogP contribution in [0.1, 0.15) is 54.1 Å². The van der Waals surface area contributed by atoms with Crippen LogP contribution in [0.3, 0.4) is 0 Å². The van der Waals surface area contributed by atoms with Crippen LogP contribution < -0.4 is 4.74 Å². The van der Waals surface area contributed by atoms with Crippen molar-refractivity contribution < 1.29 is 14.3 Å². The van der Waals surface area contributed by atoms with E-state index in [0.29, 0.717) is 24.0 Å². The molecule has 1 heterocycles.